The van der Waals surface area contributed by atoms with Gasteiger partial charge in [-0.2, -0.15) is 4.98 Å². The lowest BCUT2D eigenvalue weighted by Gasteiger charge is -2.07. The Morgan fingerprint density at radius 2 is 1.84 bits per heavy atom. The van der Waals surface area contributed by atoms with Gasteiger partial charge in [0.25, 0.3) is 0 Å². The van der Waals surface area contributed by atoms with Crippen molar-refractivity contribution in [2.75, 3.05) is 6.26 Å². The van der Waals surface area contributed by atoms with Crippen molar-refractivity contribution >= 4 is 9.84 Å². The van der Waals surface area contributed by atoms with Crippen LogP contribution >= 0.6 is 0 Å². The van der Waals surface area contributed by atoms with E-state index in [0.717, 1.165) is 11.8 Å². The number of benzene rings is 1. The fourth-order valence-corrected chi connectivity index (χ4v) is 2.05. The van der Waals surface area contributed by atoms with Crippen LogP contribution in [-0.2, 0) is 16.4 Å². The van der Waals surface area contributed by atoms with Gasteiger partial charge in [-0.15, -0.1) is 0 Å². The molecule has 0 aliphatic carbocycles. The van der Waals surface area contributed by atoms with Crippen molar-refractivity contribution in [1.82, 2.24) is 9.97 Å². The molecule has 1 aromatic heterocycles. The van der Waals surface area contributed by atoms with Crippen LogP contribution in [0.15, 0.2) is 41.6 Å². The van der Waals surface area contributed by atoms with Gasteiger partial charge in [0.1, 0.15) is 6.61 Å². The van der Waals surface area contributed by atoms with E-state index in [1.54, 1.807) is 13.0 Å². The Labute approximate surface area is 112 Å². The highest BCUT2D eigenvalue weighted by Crippen LogP contribution is 2.14. The first-order valence-electron chi connectivity index (χ1n) is 5.67. The van der Waals surface area contributed by atoms with E-state index in [-0.39, 0.29) is 11.0 Å². The number of nitrogens with zero attached hydrogens (tertiary/aromatic N) is 2. The van der Waals surface area contributed by atoms with E-state index in [4.69, 9.17) is 4.74 Å². The number of hydrogen-bond acceptors (Lipinski definition) is 5. The first kappa shape index (κ1) is 13.5. The van der Waals surface area contributed by atoms with Gasteiger partial charge in [-0.05, 0) is 12.5 Å². The molecule has 0 N–H and O–H groups in total. The summed E-state index contributed by atoms with van der Waals surface area (Å²) in [5.41, 5.74) is 1.54. The van der Waals surface area contributed by atoms with Crippen LogP contribution in [-0.4, -0.2) is 24.6 Å². The molecule has 0 saturated carbocycles. The van der Waals surface area contributed by atoms with Crippen LogP contribution in [0.2, 0.25) is 0 Å². The maximum atomic E-state index is 11.4. The van der Waals surface area contributed by atoms with Gasteiger partial charge in [0.15, 0.2) is 0 Å². The summed E-state index contributed by atoms with van der Waals surface area (Å²) in [5.74, 6) is 0.261. The van der Waals surface area contributed by atoms with Crippen LogP contribution in [0.25, 0.3) is 0 Å². The molecule has 5 nitrogen and oxygen atoms in total. The van der Waals surface area contributed by atoms with E-state index >= 15 is 0 Å². The molecule has 0 spiro atoms. The zero-order chi connectivity index (χ0) is 13.9. The molecule has 0 fully saturated rings. The van der Waals surface area contributed by atoms with Gasteiger partial charge < -0.3 is 4.74 Å². The van der Waals surface area contributed by atoms with Crippen LogP contribution in [0.3, 0.4) is 0 Å². The molecule has 2 aromatic rings. The molecule has 0 aliphatic heterocycles. The lowest BCUT2D eigenvalue weighted by molar-refractivity contribution is 0.290. The molecule has 0 saturated heterocycles. The SMILES string of the molecule is Cc1cc(OCc2ccccc2)nc(S(C)(=O)=O)n1. The summed E-state index contributed by atoms with van der Waals surface area (Å²) in [5, 5.41) is -0.212. The van der Waals surface area contributed by atoms with Crippen molar-refractivity contribution < 1.29 is 13.2 Å². The molecule has 0 atom stereocenters. The average Bonchev–Trinajstić information content (AvgIpc) is 2.36. The third-order valence-corrected chi connectivity index (χ3v) is 3.22. The summed E-state index contributed by atoms with van der Waals surface area (Å²) in [6, 6.07) is 11.2. The van der Waals surface area contributed by atoms with Gasteiger partial charge >= 0.3 is 0 Å². The molecular formula is C13H14N2O3S. The summed E-state index contributed by atoms with van der Waals surface area (Å²) in [6.07, 6.45) is 1.07. The molecule has 0 radical (unpaired) electrons. The predicted octanol–water partition coefficient (Wildman–Crippen LogP) is 1.77. The lowest BCUT2D eigenvalue weighted by Crippen LogP contribution is -2.07. The van der Waals surface area contributed by atoms with Crippen molar-refractivity contribution in [3.05, 3.63) is 47.7 Å². The number of aromatic nitrogens is 2. The van der Waals surface area contributed by atoms with Crippen molar-refractivity contribution in [2.24, 2.45) is 0 Å². The van der Waals surface area contributed by atoms with E-state index in [2.05, 4.69) is 9.97 Å². The fourth-order valence-electron chi connectivity index (χ4n) is 1.48. The minimum absolute atomic E-state index is 0.212. The summed E-state index contributed by atoms with van der Waals surface area (Å²) < 4.78 is 28.4. The predicted molar refractivity (Wildman–Crippen MR) is 70.7 cm³/mol. The minimum atomic E-state index is -3.43. The maximum absolute atomic E-state index is 11.4. The van der Waals surface area contributed by atoms with Crippen LogP contribution in [0.1, 0.15) is 11.3 Å². The van der Waals surface area contributed by atoms with Gasteiger partial charge in [0, 0.05) is 18.0 Å². The molecule has 100 valence electrons. The van der Waals surface area contributed by atoms with Gasteiger partial charge in [-0.3, -0.25) is 0 Å². The Balaban J connectivity index is 2.19. The molecule has 1 aromatic carbocycles. The molecule has 0 bridgehead atoms. The fraction of sp³-hybridized carbons (Fsp3) is 0.231. The maximum Gasteiger partial charge on any atom is 0.250 e. The highest BCUT2D eigenvalue weighted by atomic mass is 32.2. The van der Waals surface area contributed by atoms with E-state index in [0.29, 0.717) is 12.3 Å². The standard InChI is InChI=1S/C13H14N2O3S/c1-10-8-12(15-13(14-10)19(2,16)17)18-9-11-6-4-3-5-7-11/h3-8H,9H2,1-2H3. The monoisotopic (exact) mass is 278 g/mol. The Bertz CT molecular complexity index is 670. The number of aryl methyl sites for hydroxylation is 1. The second-order valence-corrected chi connectivity index (χ2v) is 6.09. The summed E-state index contributed by atoms with van der Waals surface area (Å²) in [6.45, 7) is 2.03. The highest BCUT2D eigenvalue weighted by Gasteiger charge is 2.13. The van der Waals surface area contributed by atoms with E-state index in [9.17, 15) is 8.42 Å². The molecule has 6 heteroatoms. The third-order valence-electron chi connectivity index (χ3n) is 2.37. The number of ether oxygens (including phenoxy) is 1. The van der Waals surface area contributed by atoms with Crippen LogP contribution in [0.4, 0.5) is 0 Å². The quantitative estimate of drug-likeness (QED) is 0.797. The minimum Gasteiger partial charge on any atom is -0.473 e. The largest absolute Gasteiger partial charge is 0.473 e. The van der Waals surface area contributed by atoms with Crippen LogP contribution < -0.4 is 4.74 Å². The second-order valence-electron chi connectivity index (χ2n) is 4.18. The molecule has 0 unspecified atom stereocenters. The Morgan fingerprint density at radius 1 is 1.16 bits per heavy atom. The van der Waals surface area contributed by atoms with Gasteiger partial charge in [0.2, 0.25) is 20.9 Å². The normalized spacial score (nSPS) is 11.3. The average molecular weight is 278 g/mol. The molecule has 2 rings (SSSR count). The van der Waals surface area contributed by atoms with Crippen molar-refractivity contribution in [3.8, 4) is 5.88 Å². The van der Waals surface area contributed by atoms with Gasteiger partial charge in [-0.25, -0.2) is 13.4 Å². The molecule has 0 aliphatic rings. The highest BCUT2D eigenvalue weighted by molar-refractivity contribution is 7.90. The Morgan fingerprint density at radius 3 is 2.47 bits per heavy atom. The molecule has 19 heavy (non-hydrogen) atoms. The topological polar surface area (TPSA) is 69.2 Å². The summed E-state index contributed by atoms with van der Waals surface area (Å²) in [4.78, 5) is 7.78. The van der Waals surface area contributed by atoms with Crippen LogP contribution in [0.5, 0.6) is 5.88 Å². The van der Waals surface area contributed by atoms with Crippen molar-refractivity contribution in [3.63, 3.8) is 0 Å². The van der Waals surface area contributed by atoms with Crippen molar-refractivity contribution in [1.29, 1.82) is 0 Å². The third kappa shape index (κ3) is 3.75. The zero-order valence-electron chi connectivity index (χ0n) is 10.7. The molecule has 0 amide bonds. The first-order chi connectivity index (χ1) is 8.95. The number of rotatable bonds is 4. The van der Waals surface area contributed by atoms with Crippen LogP contribution in [0, 0.1) is 6.92 Å². The van der Waals surface area contributed by atoms with Crippen molar-refractivity contribution in [2.45, 2.75) is 18.7 Å². The molecular weight excluding hydrogens is 264 g/mol. The van der Waals surface area contributed by atoms with E-state index in [1.165, 1.54) is 0 Å². The smallest absolute Gasteiger partial charge is 0.250 e. The van der Waals surface area contributed by atoms with Gasteiger partial charge in [0.05, 0.1) is 0 Å². The number of hydrogen-bond donors (Lipinski definition) is 0. The Hall–Kier alpha value is -1.95. The van der Waals surface area contributed by atoms with E-state index in [1.807, 2.05) is 30.3 Å². The molecule has 1 heterocycles. The zero-order valence-corrected chi connectivity index (χ0v) is 11.5. The Kier molecular flexibility index (Phi) is 3.80. The first-order valence-corrected chi connectivity index (χ1v) is 7.57. The second kappa shape index (κ2) is 5.36. The summed E-state index contributed by atoms with van der Waals surface area (Å²) in [7, 11) is -3.43. The van der Waals surface area contributed by atoms with Gasteiger partial charge in [-0.1, -0.05) is 30.3 Å². The lowest BCUT2D eigenvalue weighted by atomic mass is 10.2. The summed E-state index contributed by atoms with van der Waals surface area (Å²) >= 11 is 0. The van der Waals surface area contributed by atoms with E-state index < -0.39 is 9.84 Å². The number of sulfone groups is 1.